The third-order valence-corrected chi connectivity index (χ3v) is 5.18. The van der Waals surface area contributed by atoms with Gasteiger partial charge in [-0.15, -0.1) is 0 Å². The van der Waals surface area contributed by atoms with Crippen LogP contribution in [0.4, 0.5) is 5.69 Å². The number of esters is 1. The molecule has 0 aromatic heterocycles. The third kappa shape index (κ3) is 28.4. The van der Waals surface area contributed by atoms with Crippen molar-refractivity contribution < 1.29 is 61.7 Å². The van der Waals surface area contributed by atoms with Crippen LogP contribution < -0.4 is 10.1 Å². The van der Waals surface area contributed by atoms with Gasteiger partial charge in [-0.25, -0.2) is 0 Å². The molecule has 0 atom stereocenters. The fourth-order valence-corrected chi connectivity index (χ4v) is 3.16. The van der Waals surface area contributed by atoms with Crippen molar-refractivity contribution in [2.45, 2.75) is 13.8 Å². The molecule has 0 saturated heterocycles. The summed E-state index contributed by atoms with van der Waals surface area (Å²) < 4.78 is 59.2. The molecule has 1 amide bonds. The minimum absolute atomic E-state index is 0.110. The van der Waals surface area contributed by atoms with Gasteiger partial charge in [-0.1, -0.05) is 0 Å². The molecule has 14 heteroatoms. The molecule has 1 aromatic rings. The molecule has 0 unspecified atom stereocenters. The maximum absolute atomic E-state index is 11.0. The number of nitrogens with one attached hydrogen (secondary N) is 1. The van der Waals surface area contributed by atoms with Crippen LogP contribution in [0.5, 0.6) is 5.75 Å². The topological polar surface area (TPSA) is 148 Å². The summed E-state index contributed by atoms with van der Waals surface area (Å²) in [7, 11) is 0. The van der Waals surface area contributed by atoms with E-state index in [2.05, 4.69) is 5.32 Å². The molecule has 0 fully saturated rings. The summed E-state index contributed by atoms with van der Waals surface area (Å²) >= 11 is 0. The Labute approximate surface area is 260 Å². The molecular formula is C30H51NO13. The van der Waals surface area contributed by atoms with Crippen molar-refractivity contribution in [2.75, 3.05) is 137 Å². The number of carbonyl (C=O) groups excluding carboxylic acids is 2. The fourth-order valence-electron chi connectivity index (χ4n) is 3.16. The van der Waals surface area contributed by atoms with Crippen LogP contribution in [0.3, 0.4) is 0 Å². The van der Waals surface area contributed by atoms with Crippen molar-refractivity contribution >= 4 is 17.6 Å². The van der Waals surface area contributed by atoms with Crippen LogP contribution in [0, 0.1) is 0 Å². The van der Waals surface area contributed by atoms with Gasteiger partial charge in [0.15, 0.2) is 0 Å². The second-order valence-corrected chi connectivity index (χ2v) is 8.91. The zero-order chi connectivity index (χ0) is 31.8. The Bertz CT molecular complexity index is 798. The molecule has 0 bridgehead atoms. The first-order chi connectivity index (χ1) is 21.6. The van der Waals surface area contributed by atoms with Gasteiger partial charge < -0.3 is 57.4 Å². The van der Waals surface area contributed by atoms with Crippen molar-refractivity contribution in [3.63, 3.8) is 0 Å². The monoisotopic (exact) mass is 633 g/mol. The van der Waals surface area contributed by atoms with Crippen molar-refractivity contribution in [1.82, 2.24) is 0 Å². The normalized spacial score (nSPS) is 11.0. The van der Waals surface area contributed by atoms with Crippen LogP contribution >= 0.6 is 0 Å². The highest BCUT2D eigenvalue weighted by molar-refractivity contribution is 5.88. The molecule has 44 heavy (non-hydrogen) atoms. The molecule has 0 aliphatic heterocycles. The predicted molar refractivity (Wildman–Crippen MR) is 160 cm³/mol. The molecule has 0 radical (unpaired) electrons. The maximum Gasteiger partial charge on any atom is 0.302 e. The predicted octanol–water partition coefficient (Wildman–Crippen LogP) is 1.74. The van der Waals surface area contributed by atoms with E-state index in [4.69, 9.17) is 52.1 Å². The van der Waals surface area contributed by atoms with Crippen molar-refractivity contribution in [1.29, 1.82) is 0 Å². The summed E-state index contributed by atoms with van der Waals surface area (Å²) in [4.78, 5) is 21.6. The summed E-state index contributed by atoms with van der Waals surface area (Å²) in [5.74, 6) is 0.289. The molecule has 1 N–H and O–H groups in total. The smallest absolute Gasteiger partial charge is 0.302 e. The highest BCUT2D eigenvalue weighted by Gasteiger charge is 1.99. The Kier molecular flexibility index (Phi) is 27.6. The number of carbonyl (C=O) groups is 2. The molecule has 1 aromatic carbocycles. The lowest BCUT2D eigenvalue weighted by atomic mass is 10.3. The molecule has 14 nitrogen and oxygen atoms in total. The van der Waals surface area contributed by atoms with Gasteiger partial charge in [0.25, 0.3) is 0 Å². The van der Waals surface area contributed by atoms with Crippen LogP contribution in [-0.4, -0.2) is 144 Å². The molecule has 0 aliphatic rings. The summed E-state index contributed by atoms with van der Waals surface area (Å²) in [6.45, 7) is 12.0. The lowest BCUT2D eigenvalue weighted by Crippen LogP contribution is -2.15. The number of rotatable bonds is 32. The Morgan fingerprint density at radius 1 is 0.455 bits per heavy atom. The zero-order valence-corrected chi connectivity index (χ0v) is 26.3. The van der Waals surface area contributed by atoms with Crippen molar-refractivity contribution in [3.8, 4) is 5.75 Å². The Balaban J connectivity index is 1.67. The number of hydrogen-bond donors (Lipinski definition) is 1. The molecule has 0 spiro atoms. The second-order valence-electron chi connectivity index (χ2n) is 8.91. The molecule has 0 heterocycles. The van der Waals surface area contributed by atoms with Gasteiger partial charge >= 0.3 is 5.97 Å². The first kappa shape index (κ1) is 39.6. The average Bonchev–Trinajstić information content (AvgIpc) is 3.00. The lowest BCUT2D eigenvalue weighted by Gasteiger charge is -2.09. The number of hydrogen-bond acceptors (Lipinski definition) is 13. The van der Waals surface area contributed by atoms with Gasteiger partial charge in [-0.05, 0) is 24.3 Å². The first-order valence-electron chi connectivity index (χ1n) is 14.9. The highest BCUT2D eigenvalue weighted by atomic mass is 16.6. The van der Waals surface area contributed by atoms with E-state index >= 15 is 0 Å². The van der Waals surface area contributed by atoms with Crippen LogP contribution in [0.2, 0.25) is 0 Å². The standard InChI is InChI=1S/C30H51NO13/c1-27(32)31-29-3-5-30(6-4-29)44-26-24-42-22-20-40-18-16-38-14-12-36-10-8-34-7-9-35-11-13-37-15-17-39-19-21-41-23-25-43-28(2)33/h3-6H,7-26H2,1-2H3,(H,31,32). The van der Waals surface area contributed by atoms with E-state index in [1.54, 1.807) is 24.3 Å². The summed E-state index contributed by atoms with van der Waals surface area (Å²) in [5, 5.41) is 2.71. The van der Waals surface area contributed by atoms with E-state index < -0.39 is 0 Å². The highest BCUT2D eigenvalue weighted by Crippen LogP contribution is 2.15. The van der Waals surface area contributed by atoms with E-state index in [0.29, 0.717) is 131 Å². The Morgan fingerprint density at radius 3 is 1.05 bits per heavy atom. The minimum atomic E-state index is -0.314. The molecule has 0 aliphatic carbocycles. The summed E-state index contributed by atoms with van der Waals surface area (Å²) in [6, 6.07) is 7.16. The summed E-state index contributed by atoms with van der Waals surface area (Å²) in [5.41, 5.74) is 0.729. The molecule has 1 rings (SSSR count). The quantitative estimate of drug-likeness (QED) is 0.0908. The number of ether oxygens (including phenoxy) is 11. The van der Waals surface area contributed by atoms with Crippen molar-refractivity contribution in [2.24, 2.45) is 0 Å². The van der Waals surface area contributed by atoms with Crippen LogP contribution in [-0.2, 0) is 57.0 Å². The van der Waals surface area contributed by atoms with Gasteiger partial charge in [0.2, 0.25) is 5.91 Å². The van der Waals surface area contributed by atoms with Crippen molar-refractivity contribution in [3.05, 3.63) is 24.3 Å². The number of benzene rings is 1. The van der Waals surface area contributed by atoms with Crippen LogP contribution in [0.15, 0.2) is 24.3 Å². The first-order valence-corrected chi connectivity index (χ1v) is 14.9. The lowest BCUT2D eigenvalue weighted by molar-refractivity contribution is -0.142. The third-order valence-electron chi connectivity index (χ3n) is 5.18. The SMILES string of the molecule is CC(=O)Nc1ccc(OCCOCCOCCOCCOCCOCCOCCOCCOCCOCCOC(C)=O)cc1. The molecule has 254 valence electrons. The van der Waals surface area contributed by atoms with E-state index in [-0.39, 0.29) is 18.5 Å². The minimum Gasteiger partial charge on any atom is -0.491 e. The average molecular weight is 634 g/mol. The van der Waals surface area contributed by atoms with Gasteiger partial charge in [0.05, 0.1) is 119 Å². The maximum atomic E-state index is 11.0. The number of amides is 1. The van der Waals surface area contributed by atoms with E-state index in [9.17, 15) is 9.59 Å². The van der Waals surface area contributed by atoms with Gasteiger partial charge in [0, 0.05) is 19.5 Å². The van der Waals surface area contributed by atoms with Gasteiger partial charge in [-0.3, -0.25) is 9.59 Å². The number of anilines is 1. The van der Waals surface area contributed by atoms with E-state index in [1.807, 2.05) is 0 Å². The molecular weight excluding hydrogens is 582 g/mol. The van der Waals surface area contributed by atoms with E-state index in [0.717, 1.165) is 5.69 Å². The Morgan fingerprint density at radius 2 is 0.750 bits per heavy atom. The van der Waals surface area contributed by atoms with E-state index in [1.165, 1.54) is 13.8 Å². The largest absolute Gasteiger partial charge is 0.491 e. The fraction of sp³-hybridized carbons (Fsp3) is 0.733. The Hall–Kier alpha value is -2.40. The van der Waals surface area contributed by atoms with Crippen LogP contribution in [0.1, 0.15) is 13.8 Å². The second kappa shape index (κ2) is 30.6. The molecule has 0 saturated carbocycles. The summed E-state index contributed by atoms with van der Waals surface area (Å²) in [6.07, 6.45) is 0. The zero-order valence-electron chi connectivity index (χ0n) is 26.3. The van der Waals surface area contributed by atoms with Gasteiger partial charge in [-0.2, -0.15) is 0 Å². The van der Waals surface area contributed by atoms with Crippen LogP contribution in [0.25, 0.3) is 0 Å². The van der Waals surface area contributed by atoms with Gasteiger partial charge in [0.1, 0.15) is 19.0 Å².